The minimum atomic E-state index is -0.768. The molecule has 0 saturated carbocycles. The second kappa shape index (κ2) is 7.13. The van der Waals surface area contributed by atoms with Gasteiger partial charge in [-0.2, -0.15) is 0 Å². The van der Waals surface area contributed by atoms with Gasteiger partial charge in [0, 0.05) is 19.0 Å². The smallest absolute Gasteiger partial charge is 0.243 e. The van der Waals surface area contributed by atoms with Crippen LogP contribution >= 0.6 is 0 Å². The lowest BCUT2D eigenvalue weighted by Gasteiger charge is -2.17. The number of amides is 3. The van der Waals surface area contributed by atoms with Crippen LogP contribution in [-0.4, -0.2) is 30.3 Å². The number of benzene rings is 1. The number of nitrogen functional groups attached to an aromatic ring is 1. The lowest BCUT2D eigenvalue weighted by atomic mass is 10.0. The number of anilines is 1. The molecule has 0 aliphatic carbocycles. The first-order valence-electron chi connectivity index (χ1n) is 6.06. The summed E-state index contributed by atoms with van der Waals surface area (Å²) in [6, 6.07) is 6.19. The normalized spacial score (nSPS) is 11.4. The molecule has 0 bridgehead atoms. The average Bonchev–Trinajstić information content (AvgIpc) is 2.37. The quantitative estimate of drug-likeness (QED) is 0.493. The van der Waals surface area contributed by atoms with E-state index in [1.165, 1.54) is 6.92 Å². The number of nitrogens with two attached hydrogens (primary N) is 2. The van der Waals surface area contributed by atoms with Crippen LogP contribution in [0.4, 0.5) is 5.69 Å². The van der Waals surface area contributed by atoms with Crippen molar-refractivity contribution in [1.29, 1.82) is 0 Å². The predicted octanol–water partition coefficient (Wildman–Crippen LogP) is -1.08. The maximum absolute atomic E-state index is 11.9. The molecule has 20 heavy (non-hydrogen) atoms. The van der Waals surface area contributed by atoms with Gasteiger partial charge in [0.1, 0.15) is 6.04 Å². The van der Waals surface area contributed by atoms with E-state index >= 15 is 0 Å². The molecule has 0 unspecified atom stereocenters. The highest BCUT2D eigenvalue weighted by atomic mass is 16.2. The molecule has 1 aromatic carbocycles. The fourth-order valence-corrected chi connectivity index (χ4v) is 1.64. The van der Waals surface area contributed by atoms with Crippen molar-refractivity contribution < 1.29 is 14.4 Å². The molecule has 6 N–H and O–H groups in total. The number of rotatable bonds is 6. The van der Waals surface area contributed by atoms with E-state index in [1.807, 2.05) is 0 Å². The summed E-state index contributed by atoms with van der Waals surface area (Å²) in [5.41, 5.74) is 12.0. The van der Waals surface area contributed by atoms with E-state index in [1.54, 1.807) is 24.3 Å². The zero-order valence-corrected chi connectivity index (χ0v) is 11.2. The molecule has 0 spiro atoms. The van der Waals surface area contributed by atoms with Crippen LogP contribution in [0.5, 0.6) is 0 Å². The Kier molecular flexibility index (Phi) is 5.52. The first-order chi connectivity index (χ1) is 9.38. The largest absolute Gasteiger partial charge is 0.399 e. The van der Waals surface area contributed by atoms with E-state index in [2.05, 4.69) is 10.6 Å². The first-order valence-corrected chi connectivity index (χ1v) is 6.06. The highest BCUT2D eigenvalue weighted by Gasteiger charge is 2.20. The fraction of sp³-hybridized carbons (Fsp3) is 0.308. The van der Waals surface area contributed by atoms with Crippen molar-refractivity contribution in [2.24, 2.45) is 5.73 Å². The van der Waals surface area contributed by atoms with Gasteiger partial charge in [0.2, 0.25) is 17.7 Å². The number of carbonyl (C=O) groups excluding carboxylic acids is 3. The summed E-state index contributed by atoms with van der Waals surface area (Å²) in [5.74, 6) is -1.44. The molecule has 3 amide bonds. The summed E-state index contributed by atoms with van der Waals surface area (Å²) in [5, 5.41) is 4.90. The lowest BCUT2D eigenvalue weighted by Crippen LogP contribution is -2.49. The SMILES string of the molecule is CC(=O)N[C@@H](Cc1ccc(N)cc1)C(=O)NCC(N)=O. The van der Waals surface area contributed by atoms with Crippen molar-refractivity contribution in [3.8, 4) is 0 Å². The minimum Gasteiger partial charge on any atom is -0.399 e. The highest BCUT2D eigenvalue weighted by Crippen LogP contribution is 2.08. The molecule has 1 atom stereocenters. The van der Waals surface area contributed by atoms with Gasteiger partial charge in [0.25, 0.3) is 0 Å². The standard InChI is InChI=1S/C13H18N4O3/c1-8(18)17-11(13(20)16-7-12(15)19)6-9-2-4-10(14)5-3-9/h2-5,11H,6-7,14H2,1H3,(H2,15,19)(H,16,20)(H,17,18)/t11-/m0/s1. The van der Waals surface area contributed by atoms with Crippen LogP contribution in [0.25, 0.3) is 0 Å². The minimum absolute atomic E-state index is 0.267. The van der Waals surface area contributed by atoms with Gasteiger partial charge in [-0.05, 0) is 17.7 Å². The van der Waals surface area contributed by atoms with Crippen molar-refractivity contribution in [1.82, 2.24) is 10.6 Å². The molecule has 0 heterocycles. The van der Waals surface area contributed by atoms with Gasteiger partial charge in [0.05, 0.1) is 6.54 Å². The molecule has 0 aromatic heterocycles. The molecule has 0 saturated heterocycles. The maximum atomic E-state index is 11.9. The molecule has 1 rings (SSSR count). The zero-order chi connectivity index (χ0) is 15.1. The second-order valence-corrected chi connectivity index (χ2v) is 4.38. The molecular weight excluding hydrogens is 260 g/mol. The van der Waals surface area contributed by atoms with Crippen molar-refractivity contribution in [3.63, 3.8) is 0 Å². The van der Waals surface area contributed by atoms with Crippen LogP contribution < -0.4 is 22.1 Å². The van der Waals surface area contributed by atoms with Crippen LogP contribution in [0.1, 0.15) is 12.5 Å². The van der Waals surface area contributed by atoms with Gasteiger partial charge in [-0.25, -0.2) is 0 Å². The number of hydrogen-bond acceptors (Lipinski definition) is 4. The fourth-order valence-electron chi connectivity index (χ4n) is 1.64. The van der Waals surface area contributed by atoms with Crippen molar-refractivity contribution in [3.05, 3.63) is 29.8 Å². The third-order valence-corrected chi connectivity index (χ3v) is 2.55. The molecule has 0 aliphatic heterocycles. The molecule has 0 fully saturated rings. The number of carbonyl (C=O) groups is 3. The Hall–Kier alpha value is -2.57. The first kappa shape index (κ1) is 15.5. The summed E-state index contributed by atoms with van der Waals surface area (Å²) in [4.78, 5) is 33.7. The van der Waals surface area contributed by atoms with Crippen molar-refractivity contribution in [2.45, 2.75) is 19.4 Å². The van der Waals surface area contributed by atoms with Crippen molar-refractivity contribution >= 4 is 23.4 Å². The predicted molar refractivity (Wildman–Crippen MR) is 74.4 cm³/mol. The summed E-state index contributed by atoms with van der Waals surface area (Å²) in [6.07, 6.45) is 0.296. The Morgan fingerprint density at radius 3 is 2.30 bits per heavy atom. The number of hydrogen-bond donors (Lipinski definition) is 4. The summed E-state index contributed by atoms with van der Waals surface area (Å²) < 4.78 is 0. The van der Waals surface area contributed by atoms with Crippen LogP contribution in [0.3, 0.4) is 0 Å². The number of primary amides is 1. The molecular formula is C13H18N4O3. The van der Waals surface area contributed by atoms with Crippen LogP contribution in [0, 0.1) is 0 Å². The van der Waals surface area contributed by atoms with Crippen LogP contribution in [0.2, 0.25) is 0 Å². The zero-order valence-electron chi connectivity index (χ0n) is 11.2. The Morgan fingerprint density at radius 1 is 1.20 bits per heavy atom. The maximum Gasteiger partial charge on any atom is 0.243 e. The molecule has 7 nitrogen and oxygen atoms in total. The van der Waals surface area contributed by atoms with Crippen molar-refractivity contribution in [2.75, 3.05) is 12.3 Å². The van der Waals surface area contributed by atoms with E-state index in [4.69, 9.17) is 11.5 Å². The Labute approximate surface area is 116 Å². The van der Waals surface area contributed by atoms with Gasteiger partial charge in [-0.3, -0.25) is 14.4 Å². The Morgan fingerprint density at radius 2 is 1.80 bits per heavy atom. The molecule has 0 radical (unpaired) electrons. The third kappa shape index (κ3) is 5.38. The van der Waals surface area contributed by atoms with Crippen LogP contribution in [0.15, 0.2) is 24.3 Å². The van der Waals surface area contributed by atoms with Gasteiger partial charge in [-0.1, -0.05) is 12.1 Å². The van der Waals surface area contributed by atoms with Gasteiger partial charge in [-0.15, -0.1) is 0 Å². The topological polar surface area (TPSA) is 127 Å². The summed E-state index contributed by atoms with van der Waals surface area (Å²) in [7, 11) is 0. The summed E-state index contributed by atoms with van der Waals surface area (Å²) >= 11 is 0. The summed E-state index contributed by atoms with van der Waals surface area (Å²) in [6.45, 7) is 1.05. The average molecular weight is 278 g/mol. The Balaban J connectivity index is 2.72. The Bertz CT molecular complexity index is 499. The molecule has 0 aliphatic rings. The monoisotopic (exact) mass is 278 g/mol. The molecule has 1 aromatic rings. The molecule has 108 valence electrons. The van der Waals surface area contributed by atoms with Crippen LogP contribution in [-0.2, 0) is 20.8 Å². The van der Waals surface area contributed by atoms with Gasteiger partial charge >= 0.3 is 0 Å². The van der Waals surface area contributed by atoms with E-state index in [-0.39, 0.29) is 12.5 Å². The third-order valence-electron chi connectivity index (χ3n) is 2.55. The van der Waals surface area contributed by atoms with E-state index < -0.39 is 17.9 Å². The second-order valence-electron chi connectivity index (χ2n) is 4.38. The van der Waals surface area contributed by atoms with E-state index in [9.17, 15) is 14.4 Å². The number of nitrogens with one attached hydrogen (secondary N) is 2. The lowest BCUT2D eigenvalue weighted by molar-refractivity contribution is -0.129. The van der Waals surface area contributed by atoms with E-state index in [0.717, 1.165) is 5.56 Å². The van der Waals surface area contributed by atoms with Gasteiger partial charge in [0.15, 0.2) is 0 Å². The van der Waals surface area contributed by atoms with Gasteiger partial charge < -0.3 is 22.1 Å². The van der Waals surface area contributed by atoms with E-state index in [0.29, 0.717) is 12.1 Å². The molecule has 7 heteroatoms. The highest BCUT2D eigenvalue weighted by molar-refractivity contribution is 5.89.